The van der Waals surface area contributed by atoms with Crippen molar-refractivity contribution in [1.82, 2.24) is 0 Å². The lowest BCUT2D eigenvalue weighted by Crippen LogP contribution is -1.94. The molecule has 0 aliphatic heterocycles. The highest BCUT2D eigenvalue weighted by atomic mass is 16.3. The maximum absolute atomic E-state index is 10.4. The van der Waals surface area contributed by atoms with Gasteiger partial charge in [-0.25, -0.2) is 0 Å². The van der Waals surface area contributed by atoms with Crippen LogP contribution in [0, 0.1) is 0 Å². The molecule has 0 fully saturated rings. The Hall–Kier alpha value is -2.02. The van der Waals surface area contributed by atoms with Crippen molar-refractivity contribution in [1.29, 1.82) is 0 Å². The van der Waals surface area contributed by atoms with Crippen molar-refractivity contribution in [3.63, 3.8) is 0 Å². The van der Waals surface area contributed by atoms with E-state index in [1.165, 1.54) is 27.9 Å². The quantitative estimate of drug-likeness (QED) is 0.418. The molecule has 0 saturated heterocycles. The zero-order valence-electron chi connectivity index (χ0n) is 18.2. The minimum absolute atomic E-state index is 0.413. The van der Waals surface area contributed by atoms with E-state index < -0.39 is 0 Å². The van der Waals surface area contributed by atoms with Crippen LogP contribution in [0.5, 0.6) is 5.75 Å². The van der Waals surface area contributed by atoms with Crippen LogP contribution in [0.1, 0.15) is 78.4 Å². The molecule has 1 heteroatoms. The molecule has 1 rings (SSSR count). The highest BCUT2D eigenvalue weighted by Crippen LogP contribution is 2.24. The number of phenols is 1. The molecule has 0 spiro atoms. The van der Waals surface area contributed by atoms with Crippen LogP contribution in [0.3, 0.4) is 0 Å². The van der Waals surface area contributed by atoms with Gasteiger partial charge in [0.15, 0.2) is 0 Å². The van der Waals surface area contributed by atoms with Crippen molar-refractivity contribution >= 4 is 0 Å². The first-order chi connectivity index (χ1) is 12.8. The van der Waals surface area contributed by atoms with Gasteiger partial charge in [-0.3, -0.25) is 0 Å². The Morgan fingerprint density at radius 1 is 0.741 bits per heavy atom. The second-order valence-corrected chi connectivity index (χ2v) is 8.06. The first-order valence-electron chi connectivity index (χ1n) is 10.2. The highest BCUT2D eigenvalue weighted by molar-refractivity contribution is 5.42. The second kappa shape index (κ2) is 12.4. The predicted octanol–water partition coefficient (Wildman–Crippen LogP) is 7.86. The number of benzene rings is 1. The maximum atomic E-state index is 10.4. The molecule has 1 aromatic carbocycles. The molecular weight excluding hydrogens is 328 g/mol. The normalized spacial score (nSPS) is 12.1. The average molecular weight is 367 g/mol. The van der Waals surface area contributed by atoms with Crippen LogP contribution in [0.2, 0.25) is 0 Å². The van der Waals surface area contributed by atoms with Crippen molar-refractivity contribution < 1.29 is 5.11 Å². The molecule has 0 bridgehead atoms. The summed E-state index contributed by atoms with van der Waals surface area (Å²) in [5, 5.41) is 10.4. The molecule has 0 unspecified atom stereocenters. The SMILES string of the molecule is CC(C)=CCC/C(C)=C/Cc1cccc(O)c1C/C=C(\C)CCC=C(C)C. The summed E-state index contributed by atoms with van der Waals surface area (Å²) in [5.74, 6) is 0.413. The standard InChI is InChI=1S/C26H38O/c1-20(2)10-7-12-22(5)16-18-24-14-9-15-26(27)25(24)19-17-23(6)13-8-11-21(3)4/h9-11,14-17,27H,7-8,12-13,18-19H2,1-6H3/b22-16+,23-17+. The van der Waals surface area contributed by atoms with E-state index in [4.69, 9.17) is 0 Å². The summed E-state index contributed by atoms with van der Waals surface area (Å²) in [6.07, 6.45) is 15.2. The van der Waals surface area contributed by atoms with Gasteiger partial charge >= 0.3 is 0 Å². The van der Waals surface area contributed by atoms with E-state index in [0.717, 1.165) is 44.1 Å². The van der Waals surface area contributed by atoms with Gasteiger partial charge in [-0.2, -0.15) is 0 Å². The molecule has 1 nitrogen and oxygen atoms in total. The molecule has 148 valence electrons. The second-order valence-electron chi connectivity index (χ2n) is 8.06. The summed E-state index contributed by atoms with van der Waals surface area (Å²) < 4.78 is 0. The Bertz CT molecular complexity index is 706. The van der Waals surface area contributed by atoms with E-state index in [0.29, 0.717) is 5.75 Å². The van der Waals surface area contributed by atoms with Crippen LogP contribution < -0.4 is 0 Å². The van der Waals surface area contributed by atoms with E-state index in [1.54, 1.807) is 6.07 Å². The van der Waals surface area contributed by atoms with Crippen LogP contribution in [0.25, 0.3) is 0 Å². The molecule has 0 aliphatic carbocycles. The van der Waals surface area contributed by atoms with Gasteiger partial charge in [-0.05, 0) is 91.7 Å². The Balaban J connectivity index is 2.76. The molecule has 27 heavy (non-hydrogen) atoms. The molecule has 0 aromatic heterocycles. The maximum Gasteiger partial charge on any atom is 0.119 e. The van der Waals surface area contributed by atoms with Crippen molar-refractivity contribution in [2.75, 3.05) is 0 Å². The predicted molar refractivity (Wildman–Crippen MR) is 120 cm³/mol. The van der Waals surface area contributed by atoms with E-state index in [1.807, 2.05) is 6.07 Å². The van der Waals surface area contributed by atoms with Crippen molar-refractivity contribution in [3.8, 4) is 5.75 Å². The topological polar surface area (TPSA) is 20.2 Å². The summed E-state index contributed by atoms with van der Waals surface area (Å²) in [6, 6.07) is 5.89. The van der Waals surface area contributed by atoms with Crippen molar-refractivity contribution in [2.45, 2.75) is 80.1 Å². The van der Waals surface area contributed by atoms with Crippen LogP contribution in [0.15, 0.2) is 64.8 Å². The fourth-order valence-corrected chi connectivity index (χ4v) is 2.99. The van der Waals surface area contributed by atoms with E-state index in [-0.39, 0.29) is 0 Å². The smallest absolute Gasteiger partial charge is 0.119 e. The Morgan fingerprint density at radius 2 is 1.26 bits per heavy atom. The zero-order valence-corrected chi connectivity index (χ0v) is 18.2. The number of hydrogen-bond donors (Lipinski definition) is 1. The monoisotopic (exact) mass is 366 g/mol. The summed E-state index contributed by atoms with van der Waals surface area (Å²) in [7, 11) is 0. The Morgan fingerprint density at radius 3 is 1.78 bits per heavy atom. The molecular formula is C26H38O. The van der Waals surface area contributed by atoms with Gasteiger partial charge in [0, 0.05) is 5.56 Å². The lowest BCUT2D eigenvalue weighted by molar-refractivity contribution is 0.469. The lowest BCUT2D eigenvalue weighted by Gasteiger charge is -2.10. The molecule has 0 radical (unpaired) electrons. The number of allylic oxidation sites excluding steroid dienone is 8. The van der Waals surface area contributed by atoms with Gasteiger partial charge in [0.05, 0.1) is 0 Å². The first-order valence-corrected chi connectivity index (χ1v) is 10.2. The molecule has 0 atom stereocenters. The first kappa shape index (κ1) is 23.0. The van der Waals surface area contributed by atoms with Crippen LogP contribution in [-0.4, -0.2) is 5.11 Å². The van der Waals surface area contributed by atoms with Crippen LogP contribution in [-0.2, 0) is 12.8 Å². The van der Waals surface area contributed by atoms with Gasteiger partial charge in [-0.15, -0.1) is 0 Å². The molecule has 0 heterocycles. The Labute approximate surface area is 167 Å². The summed E-state index contributed by atoms with van der Waals surface area (Å²) in [5.41, 5.74) is 7.84. The van der Waals surface area contributed by atoms with Gasteiger partial charge in [0.25, 0.3) is 0 Å². The van der Waals surface area contributed by atoms with Gasteiger partial charge in [0.1, 0.15) is 5.75 Å². The zero-order chi connectivity index (χ0) is 20.2. The summed E-state index contributed by atoms with van der Waals surface area (Å²) in [4.78, 5) is 0. The Kier molecular flexibility index (Phi) is 10.6. The summed E-state index contributed by atoms with van der Waals surface area (Å²) in [6.45, 7) is 13.0. The van der Waals surface area contributed by atoms with Crippen LogP contribution >= 0.6 is 0 Å². The third kappa shape index (κ3) is 10.0. The van der Waals surface area contributed by atoms with E-state index >= 15 is 0 Å². The average Bonchev–Trinajstić information content (AvgIpc) is 2.58. The van der Waals surface area contributed by atoms with Gasteiger partial charge < -0.3 is 5.11 Å². The molecule has 0 aliphatic rings. The molecule has 1 N–H and O–H groups in total. The van der Waals surface area contributed by atoms with Crippen molar-refractivity contribution in [3.05, 3.63) is 75.9 Å². The van der Waals surface area contributed by atoms with E-state index in [2.05, 4.69) is 71.9 Å². The number of hydrogen-bond acceptors (Lipinski definition) is 1. The fourth-order valence-electron chi connectivity index (χ4n) is 2.99. The third-order valence-corrected chi connectivity index (χ3v) is 4.76. The number of phenolic OH excluding ortho intramolecular Hbond substituents is 1. The van der Waals surface area contributed by atoms with E-state index in [9.17, 15) is 5.11 Å². The molecule has 0 saturated carbocycles. The minimum atomic E-state index is 0.413. The lowest BCUT2D eigenvalue weighted by atomic mass is 9.97. The van der Waals surface area contributed by atoms with Gasteiger partial charge in [0.2, 0.25) is 0 Å². The number of rotatable bonds is 10. The summed E-state index contributed by atoms with van der Waals surface area (Å²) >= 11 is 0. The molecule has 1 aromatic rings. The van der Waals surface area contributed by atoms with Gasteiger partial charge in [-0.1, -0.05) is 58.7 Å². The third-order valence-electron chi connectivity index (χ3n) is 4.76. The minimum Gasteiger partial charge on any atom is -0.508 e. The largest absolute Gasteiger partial charge is 0.508 e. The molecule has 0 amide bonds. The number of aromatic hydroxyl groups is 1. The van der Waals surface area contributed by atoms with Crippen molar-refractivity contribution in [2.24, 2.45) is 0 Å². The van der Waals surface area contributed by atoms with Crippen LogP contribution in [0.4, 0.5) is 0 Å². The fraction of sp³-hybridized carbons (Fsp3) is 0.462. The highest BCUT2D eigenvalue weighted by Gasteiger charge is 2.06.